The lowest BCUT2D eigenvalue weighted by Crippen LogP contribution is -1.81. The number of aromatic amines is 1. The van der Waals surface area contributed by atoms with Crippen LogP contribution in [0.4, 0.5) is 0 Å². The van der Waals surface area contributed by atoms with Crippen LogP contribution in [0.25, 0.3) is 33.7 Å². The number of oxazole rings is 1. The molecular weight excluding hydrogens is 276 g/mol. The number of ether oxygens (including phenoxy) is 1. The average Bonchev–Trinajstić information content (AvgIpc) is 3.21. The molecule has 4 heteroatoms. The maximum atomic E-state index is 5.92. The van der Waals surface area contributed by atoms with Gasteiger partial charge < -0.3 is 14.1 Å². The van der Waals surface area contributed by atoms with Crippen molar-refractivity contribution in [1.29, 1.82) is 0 Å². The number of para-hydroxylation sites is 1. The lowest BCUT2D eigenvalue weighted by molar-refractivity contribution is 0.415. The smallest absolute Gasteiger partial charge is 0.228 e. The minimum atomic E-state index is 0.614. The topological polar surface area (TPSA) is 51.0 Å². The van der Waals surface area contributed by atoms with Gasteiger partial charge in [0, 0.05) is 22.7 Å². The molecule has 4 rings (SSSR count). The highest BCUT2D eigenvalue weighted by atomic mass is 16.5. The zero-order valence-electron chi connectivity index (χ0n) is 12.0. The Kier molecular flexibility index (Phi) is 2.93. The largest absolute Gasteiger partial charge is 0.497 e. The fraction of sp³-hybridized carbons (Fsp3) is 0.0556. The molecule has 2 heterocycles. The van der Waals surface area contributed by atoms with E-state index in [2.05, 4.69) is 16.0 Å². The van der Waals surface area contributed by atoms with E-state index in [1.165, 1.54) is 0 Å². The molecule has 0 atom stereocenters. The number of fused-ring (bicyclic) bond motifs is 1. The second-order valence-corrected chi connectivity index (χ2v) is 5.01. The summed E-state index contributed by atoms with van der Waals surface area (Å²) in [6.07, 6.45) is 3.67. The lowest BCUT2D eigenvalue weighted by Gasteiger charge is -2.00. The highest BCUT2D eigenvalue weighted by Gasteiger charge is 2.12. The molecule has 0 aliphatic heterocycles. The summed E-state index contributed by atoms with van der Waals surface area (Å²) in [5, 5.41) is 1.10. The van der Waals surface area contributed by atoms with E-state index < -0.39 is 0 Å². The van der Waals surface area contributed by atoms with Gasteiger partial charge in [-0.2, -0.15) is 0 Å². The quantitative estimate of drug-likeness (QED) is 0.604. The van der Waals surface area contributed by atoms with Gasteiger partial charge in [-0.05, 0) is 30.3 Å². The molecule has 0 saturated carbocycles. The van der Waals surface area contributed by atoms with Gasteiger partial charge in [-0.1, -0.05) is 18.2 Å². The van der Waals surface area contributed by atoms with Crippen molar-refractivity contribution in [2.75, 3.05) is 7.11 Å². The van der Waals surface area contributed by atoms with E-state index in [0.29, 0.717) is 5.89 Å². The average molecular weight is 290 g/mol. The standard InChI is InChI=1S/C18H14N2O2/c1-21-13-8-6-12(7-9-13)17-11-20-18(22-17)15-10-19-16-5-3-2-4-14(15)16/h2-11,19H,1H3. The van der Waals surface area contributed by atoms with Crippen LogP contribution in [0.3, 0.4) is 0 Å². The molecule has 0 radical (unpaired) electrons. The molecule has 4 aromatic rings. The SMILES string of the molecule is COc1ccc(-c2cnc(-c3c[nH]c4ccccc34)o2)cc1. The van der Waals surface area contributed by atoms with Gasteiger partial charge in [0.2, 0.25) is 5.89 Å². The second kappa shape index (κ2) is 5.07. The van der Waals surface area contributed by atoms with Gasteiger partial charge in [0.05, 0.1) is 18.9 Å². The van der Waals surface area contributed by atoms with Crippen molar-refractivity contribution in [1.82, 2.24) is 9.97 Å². The van der Waals surface area contributed by atoms with Crippen molar-refractivity contribution in [2.24, 2.45) is 0 Å². The van der Waals surface area contributed by atoms with Crippen LogP contribution < -0.4 is 4.74 Å². The fourth-order valence-corrected chi connectivity index (χ4v) is 2.54. The molecule has 0 fully saturated rings. The number of aromatic nitrogens is 2. The summed E-state index contributed by atoms with van der Waals surface area (Å²) >= 11 is 0. The first-order valence-corrected chi connectivity index (χ1v) is 7.02. The Labute approximate surface area is 127 Å². The van der Waals surface area contributed by atoms with E-state index in [4.69, 9.17) is 9.15 Å². The van der Waals surface area contributed by atoms with Gasteiger partial charge in [0.1, 0.15) is 5.75 Å². The normalized spacial score (nSPS) is 11.0. The summed E-state index contributed by atoms with van der Waals surface area (Å²) in [7, 11) is 1.65. The zero-order chi connectivity index (χ0) is 14.9. The predicted molar refractivity (Wildman–Crippen MR) is 85.8 cm³/mol. The van der Waals surface area contributed by atoms with E-state index in [1.54, 1.807) is 13.3 Å². The summed E-state index contributed by atoms with van der Waals surface area (Å²) < 4.78 is 11.1. The molecular formula is C18H14N2O2. The van der Waals surface area contributed by atoms with Crippen LogP contribution >= 0.6 is 0 Å². The van der Waals surface area contributed by atoms with Crippen LogP contribution in [-0.4, -0.2) is 17.1 Å². The highest BCUT2D eigenvalue weighted by molar-refractivity contribution is 5.93. The number of hydrogen-bond donors (Lipinski definition) is 1. The van der Waals surface area contributed by atoms with Crippen LogP contribution in [0, 0.1) is 0 Å². The third-order valence-corrected chi connectivity index (χ3v) is 3.70. The van der Waals surface area contributed by atoms with Gasteiger partial charge in [0.15, 0.2) is 5.76 Å². The van der Waals surface area contributed by atoms with Gasteiger partial charge in [-0.25, -0.2) is 4.98 Å². The third-order valence-electron chi connectivity index (χ3n) is 3.70. The summed E-state index contributed by atoms with van der Waals surface area (Å²) in [6, 6.07) is 15.8. The van der Waals surface area contributed by atoms with Crippen LogP contribution in [-0.2, 0) is 0 Å². The Morgan fingerprint density at radius 2 is 1.86 bits per heavy atom. The van der Waals surface area contributed by atoms with Gasteiger partial charge in [-0.3, -0.25) is 0 Å². The van der Waals surface area contributed by atoms with Gasteiger partial charge >= 0.3 is 0 Å². The number of rotatable bonds is 3. The van der Waals surface area contributed by atoms with E-state index in [0.717, 1.165) is 33.5 Å². The van der Waals surface area contributed by atoms with Gasteiger partial charge in [-0.15, -0.1) is 0 Å². The van der Waals surface area contributed by atoms with Crippen LogP contribution in [0.5, 0.6) is 5.75 Å². The number of benzene rings is 2. The molecule has 2 aromatic heterocycles. The number of H-pyrrole nitrogens is 1. The lowest BCUT2D eigenvalue weighted by atomic mass is 10.2. The number of nitrogens with one attached hydrogen (secondary N) is 1. The maximum Gasteiger partial charge on any atom is 0.228 e. The van der Waals surface area contributed by atoms with E-state index in [-0.39, 0.29) is 0 Å². The summed E-state index contributed by atoms with van der Waals surface area (Å²) in [6.45, 7) is 0. The van der Waals surface area contributed by atoms with Crippen molar-refractivity contribution < 1.29 is 9.15 Å². The Morgan fingerprint density at radius 3 is 2.68 bits per heavy atom. The second-order valence-electron chi connectivity index (χ2n) is 5.01. The summed E-state index contributed by atoms with van der Waals surface area (Å²) in [5.74, 6) is 2.17. The first-order chi connectivity index (χ1) is 10.8. The van der Waals surface area contributed by atoms with Crippen molar-refractivity contribution in [3.8, 4) is 28.5 Å². The number of hydrogen-bond acceptors (Lipinski definition) is 3. The molecule has 2 aromatic carbocycles. The van der Waals surface area contributed by atoms with Gasteiger partial charge in [0.25, 0.3) is 0 Å². The third kappa shape index (κ3) is 2.05. The first-order valence-electron chi connectivity index (χ1n) is 7.02. The minimum absolute atomic E-state index is 0.614. The van der Waals surface area contributed by atoms with Crippen LogP contribution in [0.15, 0.2) is 65.3 Å². The molecule has 4 nitrogen and oxygen atoms in total. The number of methoxy groups -OCH3 is 1. The van der Waals surface area contributed by atoms with E-state index >= 15 is 0 Å². The monoisotopic (exact) mass is 290 g/mol. The van der Waals surface area contributed by atoms with Crippen LogP contribution in [0.1, 0.15) is 0 Å². The molecule has 0 amide bonds. The molecule has 108 valence electrons. The highest BCUT2D eigenvalue weighted by Crippen LogP contribution is 2.31. The molecule has 22 heavy (non-hydrogen) atoms. The van der Waals surface area contributed by atoms with Crippen molar-refractivity contribution in [2.45, 2.75) is 0 Å². The van der Waals surface area contributed by atoms with Crippen molar-refractivity contribution in [3.05, 3.63) is 60.9 Å². The molecule has 0 saturated heterocycles. The molecule has 0 aliphatic rings. The predicted octanol–water partition coefficient (Wildman–Crippen LogP) is 4.50. The summed E-state index contributed by atoms with van der Waals surface area (Å²) in [5.41, 5.74) is 3.01. The molecule has 0 spiro atoms. The van der Waals surface area contributed by atoms with Crippen molar-refractivity contribution in [3.63, 3.8) is 0 Å². The summed E-state index contributed by atoms with van der Waals surface area (Å²) in [4.78, 5) is 7.64. The maximum absolute atomic E-state index is 5.92. The Bertz CT molecular complexity index is 920. The van der Waals surface area contributed by atoms with Crippen molar-refractivity contribution >= 4 is 10.9 Å². The Balaban J connectivity index is 1.74. The molecule has 0 unspecified atom stereocenters. The molecule has 0 aliphatic carbocycles. The molecule has 0 bridgehead atoms. The first kappa shape index (κ1) is 12.7. The van der Waals surface area contributed by atoms with Crippen LogP contribution in [0.2, 0.25) is 0 Å². The Hall–Kier alpha value is -3.01. The minimum Gasteiger partial charge on any atom is -0.497 e. The fourth-order valence-electron chi connectivity index (χ4n) is 2.54. The van der Waals surface area contributed by atoms with E-state index in [9.17, 15) is 0 Å². The molecule has 1 N–H and O–H groups in total. The zero-order valence-corrected chi connectivity index (χ0v) is 12.0. The number of nitrogens with zero attached hydrogens (tertiary/aromatic N) is 1. The van der Waals surface area contributed by atoms with E-state index in [1.807, 2.05) is 48.7 Å². The Morgan fingerprint density at radius 1 is 1.05 bits per heavy atom.